The van der Waals surface area contributed by atoms with Crippen LogP contribution in [-0.2, 0) is 12.0 Å². The Morgan fingerprint density at radius 3 is 2.40 bits per heavy atom. The van der Waals surface area contributed by atoms with Crippen LogP contribution < -0.4 is 5.73 Å². The first kappa shape index (κ1) is 9.34. The molecule has 0 amide bonds. The zero-order valence-electron chi connectivity index (χ0n) is 8.80. The van der Waals surface area contributed by atoms with Crippen molar-refractivity contribution in [3.63, 3.8) is 0 Å². The maximum absolute atomic E-state index is 13.7. The van der Waals surface area contributed by atoms with Crippen LogP contribution >= 0.6 is 0 Å². The molecule has 15 heavy (non-hydrogen) atoms. The van der Waals surface area contributed by atoms with E-state index in [2.05, 4.69) is 6.07 Å². The molecule has 0 bridgehead atoms. The number of alkyl halides is 1. The molecule has 1 aromatic rings. The summed E-state index contributed by atoms with van der Waals surface area (Å²) >= 11 is 0. The van der Waals surface area contributed by atoms with Crippen LogP contribution in [0.4, 0.5) is 4.39 Å². The molecule has 0 atom stereocenters. The van der Waals surface area contributed by atoms with Gasteiger partial charge in [0.05, 0.1) is 0 Å². The molecule has 80 valence electrons. The highest BCUT2D eigenvalue weighted by Gasteiger charge is 2.46. The van der Waals surface area contributed by atoms with Crippen LogP contribution in [0.15, 0.2) is 24.3 Å². The minimum atomic E-state index is -0.915. The molecule has 2 heteroatoms. The smallest absolute Gasteiger partial charge is 0.115 e. The van der Waals surface area contributed by atoms with Crippen molar-refractivity contribution in [2.75, 3.05) is 0 Å². The van der Waals surface area contributed by atoms with E-state index in [0.717, 1.165) is 31.2 Å². The van der Waals surface area contributed by atoms with Crippen molar-refractivity contribution in [3.8, 4) is 0 Å². The fourth-order valence-electron chi connectivity index (χ4n) is 2.22. The molecule has 0 saturated heterocycles. The third-order valence-corrected chi connectivity index (χ3v) is 3.64. The maximum atomic E-state index is 13.7. The molecule has 1 nitrogen and oxygen atoms in total. The Morgan fingerprint density at radius 1 is 1.13 bits per heavy atom. The molecule has 2 aliphatic rings. The Kier molecular flexibility index (Phi) is 1.76. The number of rotatable bonds is 3. The summed E-state index contributed by atoms with van der Waals surface area (Å²) in [6.45, 7) is 0. The van der Waals surface area contributed by atoms with Crippen molar-refractivity contribution in [3.05, 3.63) is 35.4 Å². The molecule has 0 heterocycles. The first-order chi connectivity index (χ1) is 7.11. The van der Waals surface area contributed by atoms with Gasteiger partial charge in [0.1, 0.15) is 5.67 Å². The van der Waals surface area contributed by atoms with Gasteiger partial charge in [-0.05, 0) is 36.8 Å². The van der Waals surface area contributed by atoms with E-state index in [1.165, 1.54) is 5.56 Å². The van der Waals surface area contributed by atoms with Gasteiger partial charge >= 0.3 is 0 Å². The van der Waals surface area contributed by atoms with Gasteiger partial charge in [-0.15, -0.1) is 0 Å². The van der Waals surface area contributed by atoms with Crippen LogP contribution in [0.5, 0.6) is 0 Å². The zero-order chi connectivity index (χ0) is 10.5. The standard InChI is InChI=1S/C13H16FN/c14-12(5-6-12)9-10-3-1-2-4-11(10)13(15)7-8-13/h1-4H,5-9,15H2. The van der Waals surface area contributed by atoms with Gasteiger partial charge < -0.3 is 5.73 Å². The highest BCUT2D eigenvalue weighted by molar-refractivity contribution is 5.38. The van der Waals surface area contributed by atoms with Gasteiger partial charge in [0.15, 0.2) is 0 Å². The van der Waals surface area contributed by atoms with Crippen molar-refractivity contribution >= 4 is 0 Å². The minimum Gasteiger partial charge on any atom is -0.321 e. The largest absolute Gasteiger partial charge is 0.321 e. The monoisotopic (exact) mass is 205 g/mol. The molecule has 2 saturated carbocycles. The molecule has 0 aromatic heterocycles. The van der Waals surface area contributed by atoms with Gasteiger partial charge in [-0.2, -0.15) is 0 Å². The summed E-state index contributed by atoms with van der Waals surface area (Å²) in [6.07, 6.45) is 4.09. The lowest BCUT2D eigenvalue weighted by molar-refractivity contribution is 0.307. The Labute approximate surface area is 89.5 Å². The molecule has 0 unspecified atom stereocenters. The normalized spacial score (nSPS) is 24.9. The highest BCUT2D eigenvalue weighted by atomic mass is 19.1. The van der Waals surface area contributed by atoms with Crippen molar-refractivity contribution < 1.29 is 4.39 Å². The lowest BCUT2D eigenvalue weighted by Gasteiger charge is -2.16. The molecule has 3 rings (SSSR count). The summed E-state index contributed by atoms with van der Waals surface area (Å²) in [4.78, 5) is 0. The summed E-state index contributed by atoms with van der Waals surface area (Å²) in [5.41, 5.74) is 7.43. The van der Waals surface area contributed by atoms with Gasteiger partial charge in [-0.3, -0.25) is 0 Å². The van der Waals surface area contributed by atoms with Crippen LogP contribution in [-0.4, -0.2) is 5.67 Å². The SMILES string of the molecule is NC1(c2ccccc2CC2(F)CC2)CC1. The van der Waals surface area contributed by atoms with E-state index in [-0.39, 0.29) is 5.54 Å². The maximum Gasteiger partial charge on any atom is 0.115 e. The number of hydrogen-bond acceptors (Lipinski definition) is 1. The van der Waals surface area contributed by atoms with Gasteiger partial charge in [0, 0.05) is 12.0 Å². The summed E-state index contributed by atoms with van der Waals surface area (Å²) in [7, 11) is 0. The average Bonchev–Trinajstić information content (AvgIpc) is 3.10. The predicted molar refractivity (Wildman–Crippen MR) is 58.3 cm³/mol. The second-order valence-corrected chi connectivity index (χ2v) is 5.14. The molecule has 1 aromatic carbocycles. The second kappa shape index (κ2) is 2.82. The van der Waals surface area contributed by atoms with E-state index in [1.54, 1.807) is 0 Å². The first-order valence-corrected chi connectivity index (χ1v) is 5.68. The molecule has 0 radical (unpaired) electrons. The van der Waals surface area contributed by atoms with E-state index in [4.69, 9.17) is 5.73 Å². The van der Waals surface area contributed by atoms with Gasteiger partial charge in [0.2, 0.25) is 0 Å². The van der Waals surface area contributed by atoms with Gasteiger partial charge in [-0.1, -0.05) is 24.3 Å². The van der Waals surface area contributed by atoms with E-state index in [9.17, 15) is 4.39 Å². The van der Waals surface area contributed by atoms with E-state index >= 15 is 0 Å². The van der Waals surface area contributed by atoms with Crippen LogP contribution in [0.25, 0.3) is 0 Å². The fourth-order valence-corrected chi connectivity index (χ4v) is 2.22. The minimum absolute atomic E-state index is 0.137. The number of halogens is 1. The summed E-state index contributed by atoms with van der Waals surface area (Å²) < 4.78 is 13.7. The number of nitrogens with two attached hydrogens (primary N) is 1. The number of benzene rings is 1. The summed E-state index contributed by atoms with van der Waals surface area (Å²) in [6, 6.07) is 8.08. The Balaban J connectivity index is 1.92. The molecule has 2 fully saturated rings. The highest BCUT2D eigenvalue weighted by Crippen LogP contribution is 2.48. The topological polar surface area (TPSA) is 26.0 Å². The molecule has 2 aliphatic carbocycles. The third-order valence-electron chi connectivity index (χ3n) is 3.64. The Hall–Kier alpha value is -0.890. The van der Waals surface area contributed by atoms with Crippen molar-refractivity contribution in [1.82, 2.24) is 0 Å². The van der Waals surface area contributed by atoms with Crippen LogP contribution in [0.3, 0.4) is 0 Å². The molecule has 2 N–H and O–H groups in total. The van der Waals surface area contributed by atoms with Crippen LogP contribution in [0, 0.1) is 0 Å². The van der Waals surface area contributed by atoms with Gasteiger partial charge in [0.25, 0.3) is 0 Å². The van der Waals surface area contributed by atoms with Gasteiger partial charge in [-0.25, -0.2) is 4.39 Å². The predicted octanol–water partition coefficient (Wildman–Crippen LogP) is 2.68. The lowest BCUT2D eigenvalue weighted by atomic mass is 9.95. The fraction of sp³-hybridized carbons (Fsp3) is 0.538. The Bertz CT molecular complexity index is 391. The van der Waals surface area contributed by atoms with Crippen molar-refractivity contribution in [1.29, 1.82) is 0 Å². The molecule has 0 aliphatic heterocycles. The van der Waals surface area contributed by atoms with Crippen LogP contribution in [0.2, 0.25) is 0 Å². The molecular weight excluding hydrogens is 189 g/mol. The van der Waals surface area contributed by atoms with Crippen molar-refractivity contribution in [2.24, 2.45) is 5.73 Å². The first-order valence-electron chi connectivity index (χ1n) is 5.68. The quantitative estimate of drug-likeness (QED) is 0.806. The average molecular weight is 205 g/mol. The Morgan fingerprint density at radius 2 is 1.80 bits per heavy atom. The molecule has 0 spiro atoms. The van der Waals surface area contributed by atoms with E-state index in [1.807, 2.05) is 18.2 Å². The van der Waals surface area contributed by atoms with E-state index in [0.29, 0.717) is 6.42 Å². The van der Waals surface area contributed by atoms with Crippen molar-refractivity contribution in [2.45, 2.75) is 43.3 Å². The summed E-state index contributed by atoms with van der Waals surface area (Å²) in [5.74, 6) is 0. The number of hydrogen-bond donors (Lipinski definition) is 1. The zero-order valence-corrected chi connectivity index (χ0v) is 8.80. The lowest BCUT2D eigenvalue weighted by Crippen LogP contribution is -2.22. The summed E-state index contributed by atoms with van der Waals surface area (Å²) in [5, 5.41) is 0. The van der Waals surface area contributed by atoms with Crippen LogP contribution in [0.1, 0.15) is 36.8 Å². The molecular formula is C13H16FN. The van der Waals surface area contributed by atoms with E-state index < -0.39 is 5.67 Å². The third kappa shape index (κ3) is 1.67. The second-order valence-electron chi connectivity index (χ2n) is 5.14.